The van der Waals surface area contributed by atoms with Gasteiger partial charge in [0.15, 0.2) is 5.69 Å². The fraction of sp³-hybridized carbons (Fsp3) is 0.0625. The minimum absolute atomic E-state index is 0.0250. The summed E-state index contributed by atoms with van der Waals surface area (Å²) >= 11 is 5.93. The SMILES string of the molecule is Cc1nn(-c2cccc(Cl)c2)nc1C(=O)Nc1ccc(F)c([N+](=O)[O-])c1. The van der Waals surface area contributed by atoms with E-state index in [9.17, 15) is 19.3 Å². The van der Waals surface area contributed by atoms with Gasteiger partial charge in [-0.05, 0) is 37.3 Å². The number of nitrogens with one attached hydrogen (secondary N) is 1. The Balaban J connectivity index is 1.87. The van der Waals surface area contributed by atoms with Gasteiger partial charge in [0, 0.05) is 16.8 Å². The molecule has 3 aromatic rings. The summed E-state index contributed by atoms with van der Waals surface area (Å²) in [5.41, 5.74) is 0.273. The zero-order valence-corrected chi connectivity index (χ0v) is 14.1. The van der Waals surface area contributed by atoms with Crippen LogP contribution in [0.1, 0.15) is 16.2 Å². The standard InChI is InChI=1S/C16H11ClFN5O3/c1-9-15(21-22(20-9)12-4-2-3-10(17)7-12)16(24)19-11-5-6-13(18)14(8-11)23(25)26/h2-8H,1H3,(H,19,24). The lowest BCUT2D eigenvalue weighted by molar-refractivity contribution is -0.387. The van der Waals surface area contributed by atoms with Gasteiger partial charge in [-0.15, -0.1) is 5.10 Å². The smallest absolute Gasteiger partial charge is 0.306 e. The number of hydrogen-bond acceptors (Lipinski definition) is 5. The van der Waals surface area contributed by atoms with Crippen LogP contribution in [0.2, 0.25) is 5.02 Å². The highest BCUT2D eigenvalue weighted by molar-refractivity contribution is 6.30. The van der Waals surface area contributed by atoms with E-state index >= 15 is 0 Å². The van der Waals surface area contributed by atoms with E-state index in [-0.39, 0.29) is 11.4 Å². The molecule has 0 aliphatic carbocycles. The number of aryl methyl sites for hydroxylation is 1. The Morgan fingerprint density at radius 1 is 1.27 bits per heavy atom. The normalized spacial score (nSPS) is 10.6. The van der Waals surface area contributed by atoms with Crippen LogP contribution >= 0.6 is 11.6 Å². The Morgan fingerprint density at radius 3 is 2.73 bits per heavy atom. The van der Waals surface area contributed by atoms with Gasteiger partial charge in [0.25, 0.3) is 5.91 Å². The Hall–Kier alpha value is -3.33. The summed E-state index contributed by atoms with van der Waals surface area (Å²) in [5, 5.41) is 22.0. The van der Waals surface area contributed by atoms with Crippen molar-refractivity contribution in [2.45, 2.75) is 6.92 Å². The fourth-order valence-electron chi connectivity index (χ4n) is 2.23. The summed E-state index contributed by atoms with van der Waals surface area (Å²) in [7, 11) is 0. The molecule has 0 spiro atoms. The summed E-state index contributed by atoms with van der Waals surface area (Å²) in [6, 6.07) is 9.82. The van der Waals surface area contributed by atoms with Gasteiger partial charge in [0.1, 0.15) is 0 Å². The number of carbonyl (C=O) groups excluding carboxylic acids is 1. The number of nitro benzene ring substituents is 1. The predicted molar refractivity (Wildman–Crippen MR) is 92.1 cm³/mol. The predicted octanol–water partition coefficient (Wildman–Crippen LogP) is 3.53. The molecule has 0 bridgehead atoms. The number of aromatic nitrogens is 3. The van der Waals surface area contributed by atoms with Crippen LogP contribution in [0.15, 0.2) is 42.5 Å². The van der Waals surface area contributed by atoms with E-state index in [0.717, 1.165) is 12.1 Å². The van der Waals surface area contributed by atoms with E-state index in [1.165, 1.54) is 10.9 Å². The molecule has 0 saturated carbocycles. The van der Waals surface area contributed by atoms with Crippen LogP contribution in [0.5, 0.6) is 0 Å². The van der Waals surface area contributed by atoms with Crippen molar-refractivity contribution < 1.29 is 14.1 Å². The van der Waals surface area contributed by atoms with Crippen LogP contribution in [-0.4, -0.2) is 25.8 Å². The molecule has 0 fully saturated rings. The number of nitrogens with zero attached hydrogens (tertiary/aromatic N) is 4. The van der Waals surface area contributed by atoms with Crippen molar-refractivity contribution in [3.63, 3.8) is 0 Å². The van der Waals surface area contributed by atoms with Crippen LogP contribution in [0, 0.1) is 22.9 Å². The molecule has 0 aliphatic rings. The molecule has 1 heterocycles. The molecule has 0 aliphatic heterocycles. The first-order valence-electron chi connectivity index (χ1n) is 7.30. The Kier molecular flexibility index (Phi) is 4.63. The van der Waals surface area contributed by atoms with E-state index in [4.69, 9.17) is 11.6 Å². The Labute approximate surface area is 151 Å². The molecule has 132 valence electrons. The van der Waals surface area contributed by atoms with Gasteiger partial charge in [-0.1, -0.05) is 17.7 Å². The lowest BCUT2D eigenvalue weighted by Gasteiger charge is -2.04. The Morgan fingerprint density at radius 2 is 2.04 bits per heavy atom. The van der Waals surface area contributed by atoms with Crippen LogP contribution < -0.4 is 5.32 Å². The van der Waals surface area contributed by atoms with Crippen LogP contribution in [0.4, 0.5) is 15.8 Å². The van der Waals surface area contributed by atoms with Crippen molar-refractivity contribution in [1.29, 1.82) is 0 Å². The number of halogens is 2. The van der Waals surface area contributed by atoms with Crippen LogP contribution in [0.25, 0.3) is 5.69 Å². The average molecular weight is 376 g/mol. The number of anilines is 1. The molecule has 1 N–H and O–H groups in total. The van der Waals surface area contributed by atoms with E-state index in [1.54, 1.807) is 31.2 Å². The molecule has 10 heteroatoms. The first-order valence-corrected chi connectivity index (χ1v) is 7.68. The minimum atomic E-state index is -0.990. The summed E-state index contributed by atoms with van der Waals surface area (Å²) in [4.78, 5) is 23.6. The first kappa shape index (κ1) is 17.5. The molecule has 0 radical (unpaired) electrons. The molecule has 8 nitrogen and oxygen atoms in total. The van der Waals surface area contributed by atoms with Gasteiger partial charge in [-0.2, -0.15) is 14.3 Å². The van der Waals surface area contributed by atoms with E-state index in [2.05, 4.69) is 15.5 Å². The zero-order valence-electron chi connectivity index (χ0n) is 13.3. The highest BCUT2D eigenvalue weighted by atomic mass is 35.5. The molecule has 1 aromatic heterocycles. The second-order valence-corrected chi connectivity index (χ2v) is 5.72. The van der Waals surface area contributed by atoms with Gasteiger partial charge in [-0.3, -0.25) is 14.9 Å². The third kappa shape index (κ3) is 3.52. The zero-order chi connectivity index (χ0) is 18.8. The summed E-state index contributed by atoms with van der Waals surface area (Å²) in [6.45, 7) is 1.59. The third-order valence-electron chi connectivity index (χ3n) is 3.44. The van der Waals surface area contributed by atoms with Crippen molar-refractivity contribution in [3.8, 4) is 5.69 Å². The van der Waals surface area contributed by atoms with Crippen molar-refractivity contribution in [2.24, 2.45) is 0 Å². The lowest BCUT2D eigenvalue weighted by atomic mass is 10.2. The first-order chi connectivity index (χ1) is 12.3. The largest absolute Gasteiger partial charge is 0.320 e. The molecule has 3 rings (SSSR count). The molecule has 0 atom stereocenters. The quantitative estimate of drug-likeness (QED) is 0.555. The number of hydrogen-bond donors (Lipinski definition) is 1. The highest BCUT2D eigenvalue weighted by Crippen LogP contribution is 2.22. The molecule has 0 unspecified atom stereocenters. The van der Waals surface area contributed by atoms with Gasteiger partial charge in [0.2, 0.25) is 5.82 Å². The van der Waals surface area contributed by atoms with E-state index < -0.39 is 22.3 Å². The summed E-state index contributed by atoms with van der Waals surface area (Å²) < 4.78 is 13.4. The minimum Gasteiger partial charge on any atom is -0.320 e. The monoisotopic (exact) mass is 375 g/mol. The van der Waals surface area contributed by atoms with Gasteiger partial charge < -0.3 is 5.32 Å². The second kappa shape index (κ2) is 6.89. The van der Waals surface area contributed by atoms with Crippen molar-refractivity contribution in [2.75, 3.05) is 5.32 Å². The molecular weight excluding hydrogens is 365 g/mol. The lowest BCUT2D eigenvalue weighted by Crippen LogP contribution is -2.14. The Bertz CT molecular complexity index is 1020. The number of rotatable bonds is 4. The maximum atomic E-state index is 13.4. The summed E-state index contributed by atoms with van der Waals surface area (Å²) in [5.74, 6) is -1.62. The van der Waals surface area contributed by atoms with E-state index in [0.29, 0.717) is 16.4 Å². The van der Waals surface area contributed by atoms with Crippen molar-refractivity contribution in [3.05, 3.63) is 74.8 Å². The number of benzene rings is 2. The number of nitro groups is 1. The maximum absolute atomic E-state index is 13.4. The number of carbonyl (C=O) groups is 1. The second-order valence-electron chi connectivity index (χ2n) is 5.28. The molecular formula is C16H11ClFN5O3. The maximum Gasteiger partial charge on any atom is 0.306 e. The molecule has 0 saturated heterocycles. The van der Waals surface area contributed by atoms with Gasteiger partial charge >= 0.3 is 5.69 Å². The molecule has 1 amide bonds. The van der Waals surface area contributed by atoms with Crippen molar-refractivity contribution in [1.82, 2.24) is 15.0 Å². The third-order valence-corrected chi connectivity index (χ3v) is 3.67. The van der Waals surface area contributed by atoms with Crippen molar-refractivity contribution >= 4 is 28.9 Å². The van der Waals surface area contributed by atoms with Crippen LogP contribution in [-0.2, 0) is 0 Å². The van der Waals surface area contributed by atoms with E-state index in [1.807, 2.05) is 0 Å². The average Bonchev–Trinajstić information content (AvgIpc) is 2.98. The van der Waals surface area contributed by atoms with Crippen LogP contribution in [0.3, 0.4) is 0 Å². The summed E-state index contributed by atoms with van der Waals surface area (Å²) in [6.07, 6.45) is 0. The molecule has 2 aromatic carbocycles. The molecule has 26 heavy (non-hydrogen) atoms. The number of amides is 1. The highest BCUT2D eigenvalue weighted by Gasteiger charge is 2.19. The topological polar surface area (TPSA) is 103 Å². The van der Waals surface area contributed by atoms with Gasteiger partial charge in [0.05, 0.1) is 16.3 Å². The fourth-order valence-corrected chi connectivity index (χ4v) is 2.41. The van der Waals surface area contributed by atoms with Gasteiger partial charge in [-0.25, -0.2) is 0 Å².